The van der Waals surface area contributed by atoms with Gasteiger partial charge in [0.15, 0.2) is 0 Å². The zero-order chi connectivity index (χ0) is 20.2. The monoisotopic (exact) mass is 420 g/mol. The zero-order valence-corrected chi connectivity index (χ0v) is 17.5. The molecule has 6 rings (SSSR count). The molecule has 0 N–H and O–H groups in total. The van der Waals surface area contributed by atoms with Crippen LogP contribution in [0.5, 0.6) is 0 Å². The van der Waals surface area contributed by atoms with Crippen molar-refractivity contribution in [3.05, 3.63) is 30.1 Å². The summed E-state index contributed by atoms with van der Waals surface area (Å²) in [6, 6.07) is 5.12. The maximum atomic E-state index is 13.5. The van der Waals surface area contributed by atoms with Crippen LogP contribution in [0, 0.1) is 29.0 Å². The van der Waals surface area contributed by atoms with Crippen molar-refractivity contribution in [3.63, 3.8) is 0 Å². The molecule has 4 aliphatic carbocycles. The van der Waals surface area contributed by atoms with Gasteiger partial charge in [0, 0.05) is 32.6 Å². The van der Waals surface area contributed by atoms with Crippen molar-refractivity contribution in [2.45, 2.75) is 49.8 Å². The molecule has 29 heavy (non-hydrogen) atoms. The number of hydrogen-bond donors (Lipinski definition) is 0. The molecule has 0 radical (unpaired) electrons. The summed E-state index contributed by atoms with van der Waals surface area (Å²) >= 11 is 0. The van der Waals surface area contributed by atoms with Crippen molar-refractivity contribution < 1.29 is 17.6 Å². The molecule has 5 nitrogen and oxygen atoms in total. The van der Waals surface area contributed by atoms with Crippen LogP contribution in [0.25, 0.3) is 0 Å². The topological polar surface area (TPSA) is 57.7 Å². The highest BCUT2D eigenvalue weighted by atomic mass is 32.2. The molecule has 158 valence electrons. The third-order valence-corrected chi connectivity index (χ3v) is 9.61. The van der Waals surface area contributed by atoms with Gasteiger partial charge in [0.05, 0.1) is 4.90 Å². The Morgan fingerprint density at radius 1 is 1.00 bits per heavy atom. The van der Waals surface area contributed by atoms with Gasteiger partial charge in [-0.15, -0.1) is 0 Å². The molecule has 5 aliphatic rings. The second kappa shape index (κ2) is 7.05. The van der Waals surface area contributed by atoms with Crippen LogP contribution < -0.4 is 0 Å². The second-order valence-electron chi connectivity index (χ2n) is 9.84. The maximum Gasteiger partial charge on any atom is 0.243 e. The minimum absolute atomic E-state index is 0.0224. The standard InChI is InChI=1S/C22H29FN2O3S/c23-19-2-1-3-20(11-19)29(27,28)25-6-4-24(5-7-25)21(26)15-22-12-16-8-17(13-22)10-18(9-16)14-22/h1-3,11,16-18H,4-10,12-15H2. The molecule has 0 spiro atoms. The van der Waals surface area contributed by atoms with Gasteiger partial charge in [0.2, 0.25) is 15.9 Å². The number of halogens is 1. The van der Waals surface area contributed by atoms with Gasteiger partial charge in [-0.3, -0.25) is 4.79 Å². The van der Waals surface area contributed by atoms with Gasteiger partial charge >= 0.3 is 0 Å². The van der Waals surface area contributed by atoms with E-state index in [1.54, 1.807) is 0 Å². The Labute approximate surface area is 172 Å². The van der Waals surface area contributed by atoms with E-state index in [4.69, 9.17) is 0 Å². The molecule has 1 saturated heterocycles. The number of carbonyl (C=O) groups is 1. The van der Waals surface area contributed by atoms with Gasteiger partial charge in [0.25, 0.3) is 0 Å². The highest BCUT2D eigenvalue weighted by molar-refractivity contribution is 7.89. The predicted molar refractivity (Wildman–Crippen MR) is 107 cm³/mol. The lowest BCUT2D eigenvalue weighted by atomic mass is 9.49. The van der Waals surface area contributed by atoms with E-state index in [0.717, 1.165) is 23.8 Å². The van der Waals surface area contributed by atoms with Crippen LogP contribution >= 0.6 is 0 Å². The highest BCUT2D eigenvalue weighted by Gasteiger charge is 2.51. The average Bonchev–Trinajstić information content (AvgIpc) is 2.66. The van der Waals surface area contributed by atoms with Crippen molar-refractivity contribution in [1.82, 2.24) is 9.21 Å². The summed E-state index contributed by atoms with van der Waals surface area (Å²) in [5, 5.41) is 0. The minimum Gasteiger partial charge on any atom is -0.340 e. The molecule has 4 saturated carbocycles. The maximum absolute atomic E-state index is 13.5. The summed E-state index contributed by atoms with van der Waals surface area (Å²) in [4.78, 5) is 14.9. The van der Waals surface area contributed by atoms with E-state index in [1.807, 2.05) is 4.90 Å². The summed E-state index contributed by atoms with van der Waals surface area (Å²) in [5.74, 6) is 2.09. The zero-order valence-electron chi connectivity index (χ0n) is 16.7. The van der Waals surface area contributed by atoms with Crippen molar-refractivity contribution in [3.8, 4) is 0 Å². The quantitative estimate of drug-likeness (QED) is 0.751. The molecule has 5 fully saturated rings. The summed E-state index contributed by atoms with van der Waals surface area (Å²) in [6.45, 7) is 1.37. The first-order chi connectivity index (χ1) is 13.8. The van der Waals surface area contributed by atoms with Crippen molar-refractivity contribution in [1.29, 1.82) is 0 Å². The van der Waals surface area contributed by atoms with Crippen LogP contribution in [-0.2, 0) is 14.8 Å². The molecule has 0 aromatic heterocycles. The van der Waals surface area contributed by atoms with E-state index in [2.05, 4.69) is 0 Å². The Morgan fingerprint density at radius 3 is 2.14 bits per heavy atom. The molecule has 1 aromatic carbocycles. The fourth-order valence-electron chi connectivity index (χ4n) is 6.89. The number of rotatable bonds is 4. The lowest BCUT2D eigenvalue weighted by Gasteiger charge is -2.57. The van der Waals surface area contributed by atoms with E-state index in [9.17, 15) is 17.6 Å². The van der Waals surface area contributed by atoms with Crippen molar-refractivity contribution in [2.24, 2.45) is 23.2 Å². The Hall–Kier alpha value is -1.47. The molecule has 1 aromatic rings. The Kier molecular flexibility index (Phi) is 4.74. The van der Waals surface area contributed by atoms with Crippen molar-refractivity contribution >= 4 is 15.9 Å². The number of piperazine rings is 1. The lowest BCUT2D eigenvalue weighted by molar-refractivity contribution is -0.140. The van der Waals surface area contributed by atoms with E-state index in [1.165, 1.54) is 61.0 Å². The Morgan fingerprint density at radius 2 is 1.59 bits per heavy atom. The Bertz CT molecular complexity index is 873. The van der Waals surface area contributed by atoms with Gasteiger partial charge in [-0.2, -0.15) is 4.31 Å². The van der Waals surface area contributed by atoms with Crippen LogP contribution in [0.3, 0.4) is 0 Å². The smallest absolute Gasteiger partial charge is 0.243 e. The number of benzene rings is 1. The molecular formula is C22H29FN2O3S. The third-order valence-electron chi connectivity index (χ3n) is 7.72. The SMILES string of the molecule is O=C(CC12CC3CC(CC(C3)C1)C2)N1CCN(S(=O)(=O)c2cccc(F)c2)CC1. The van der Waals surface area contributed by atoms with Gasteiger partial charge in [-0.25, -0.2) is 12.8 Å². The van der Waals surface area contributed by atoms with Gasteiger partial charge in [-0.05, 0) is 79.9 Å². The molecule has 0 unspecified atom stereocenters. The molecule has 1 aliphatic heterocycles. The molecule has 4 bridgehead atoms. The van der Waals surface area contributed by atoms with Crippen LogP contribution in [0.4, 0.5) is 4.39 Å². The number of hydrogen-bond acceptors (Lipinski definition) is 3. The first kappa shape index (κ1) is 19.5. The molecule has 1 amide bonds. The van der Waals surface area contributed by atoms with E-state index < -0.39 is 15.8 Å². The molecular weight excluding hydrogens is 391 g/mol. The van der Waals surface area contributed by atoms with E-state index in [0.29, 0.717) is 19.5 Å². The first-order valence-corrected chi connectivity index (χ1v) is 12.3. The number of amides is 1. The lowest BCUT2D eigenvalue weighted by Crippen LogP contribution is -2.53. The normalized spacial score (nSPS) is 34.5. The highest BCUT2D eigenvalue weighted by Crippen LogP contribution is 2.61. The summed E-state index contributed by atoms with van der Waals surface area (Å²) in [7, 11) is -3.72. The largest absolute Gasteiger partial charge is 0.340 e. The van der Waals surface area contributed by atoms with Gasteiger partial charge in [-0.1, -0.05) is 6.07 Å². The predicted octanol–water partition coefficient (Wildman–Crippen LogP) is 3.27. The first-order valence-electron chi connectivity index (χ1n) is 10.9. The van der Waals surface area contributed by atoms with Crippen LogP contribution in [-0.4, -0.2) is 49.7 Å². The van der Waals surface area contributed by atoms with Gasteiger partial charge < -0.3 is 4.90 Å². The van der Waals surface area contributed by atoms with E-state index >= 15 is 0 Å². The summed E-state index contributed by atoms with van der Waals surface area (Å²) in [6.07, 6.45) is 8.35. The minimum atomic E-state index is -3.72. The van der Waals surface area contributed by atoms with Crippen molar-refractivity contribution in [2.75, 3.05) is 26.2 Å². The molecule has 0 atom stereocenters. The summed E-state index contributed by atoms with van der Waals surface area (Å²) < 4.78 is 40.4. The third kappa shape index (κ3) is 3.61. The molecule has 1 heterocycles. The number of nitrogens with zero attached hydrogens (tertiary/aromatic N) is 2. The van der Waals surface area contributed by atoms with Gasteiger partial charge in [0.1, 0.15) is 5.82 Å². The number of carbonyl (C=O) groups excluding carboxylic acids is 1. The Balaban J connectivity index is 1.21. The fourth-order valence-corrected chi connectivity index (χ4v) is 8.35. The van der Waals surface area contributed by atoms with E-state index in [-0.39, 0.29) is 29.3 Å². The second-order valence-corrected chi connectivity index (χ2v) is 11.8. The van der Waals surface area contributed by atoms with Crippen LogP contribution in [0.15, 0.2) is 29.2 Å². The number of sulfonamides is 1. The van der Waals surface area contributed by atoms with Crippen LogP contribution in [0.2, 0.25) is 0 Å². The molecule has 7 heteroatoms. The fraction of sp³-hybridized carbons (Fsp3) is 0.682. The summed E-state index contributed by atoms with van der Waals surface area (Å²) in [5.41, 5.74) is 0.205. The average molecular weight is 421 g/mol. The van der Waals surface area contributed by atoms with Crippen LogP contribution in [0.1, 0.15) is 44.9 Å².